The van der Waals surface area contributed by atoms with Crippen LogP contribution in [0.3, 0.4) is 0 Å². The molecule has 0 fully saturated rings. The third kappa shape index (κ3) is 1.66. The summed E-state index contributed by atoms with van der Waals surface area (Å²) in [4.78, 5) is 1.49. The monoisotopic (exact) mass is 208 g/mol. The lowest BCUT2D eigenvalue weighted by Crippen LogP contribution is -2.19. The summed E-state index contributed by atoms with van der Waals surface area (Å²) >= 11 is 0. The third-order valence-corrected chi connectivity index (χ3v) is 2.09. The van der Waals surface area contributed by atoms with Crippen molar-refractivity contribution >= 4 is 16.6 Å². The van der Waals surface area contributed by atoms with Crippen molar-refractivity contribution in [2.45, 2.75) is 0 Å². The van der Waals surface area contributed by atoms with Crippen LogP contribution in [0.15, 0.2) is 18.3 Å². The molecule has 0 aliphatic carbocycles. The zero-order chi connectivity index (χ0) is 10.8. The largest absolute Gasteiger partial charge is 0.506 e. The summed E-state index contributed by atoms with van der Waals surface area (Å²) in [5.41, 5.74) is 9.46. The number of phenols is 1. The van der Waals surface area contributed by atoms with Crippen LogP contribution in [0.2, 0.25) is 0 Å². The van der Waals surface area contributed by atoms with Crippen LogP contribution in [-0.4, -0.2) is 33.3 Å². The molecule has 2 rings (SSSR count). The predicted molar refractivity (Wildman–Crippen MR) is 57.1 cm³/mol. The van der Waals surface area contributed by atoms with E-state index in [0.29, 0.717) is 12.2 Å². The molecule has 0 radical (unpaired) electrons. The second-order valence-corrected chi connectivity index (χ2v) is 3.16. The molecule has 0 bridgehead atoms. The van der Waals surface area contributed by atoms with Crippen LogP contribution in [0.5, 0.6) is 5.75 Å². The second-order valence-electron chi connectivity index (χ2n) is 3.16. The van der Waals surface area contributed by atoms with E-state index in [9.17, 15) is 5.11 Å². The maximum Gasteiger partial charge on any atom is 0.140 e. The van der Waals surface area contributed by atoms with Gasteiger partial charge in [0, 0.05) is 11.5 Å². The first-order chi connectivity index (χ1) is 7.22. The predicted octanol–water partition coefficient (Wildman–Crippen LogP) is -0.140. The van der Waals surface area contributed by atoms with Crippen molar-refractivity contribution in [2.24, 2.45) is 0 Å². The Morgan fingerprint density at radius 1 is 1.47 bits per heavy atom. The quantitative estimate of drug-likeness (QED) is 0.416. The Morgan fingerprint density at radius 3 is 3.00 bits per heavy atom. The number of benzene rings is 1. The van der Waals surface area contributed by atoms with E-state index in [2.05, 4.69) is 10.5 Å². The van der Waals surface area contributed by atoms with Crippen LogP contribution in [0.4, 0.5) is 5.69 Å². The molecule has 1 aromatic carbocycles. The fraction of sp³-hybridized carbons (Fsp3) is 0.222. The van der Waals surface area contributed by atoms with Gasteiger partial charge >= 0.3 is 0 Å². The van der Waals surface area contributed by atoms with Gasteiger partial charge in [-0.1, -0.05) is 0 Å². The van der Waals surface area contributed by atoms with Gasteiger partial charge in [-0.3, -0.25) is 0 Å². The molecule has 80 valence electrons. The minimum Gasteiger partial charge on any atom is -0.506 e. The summed E-state index contributed by atoms with van der Waals surface area (Å²) in [5.74, 6) is 0.0232. The Balaban J connectivity index is 2.45. The summed E-state index contributed by atoms with van der Waals surface area (Å²) < 4.78 is 0. The topological polar surface area (TPSA) is 96.3 Å². The van der Waals surface area contributed by atoms with Crippen molar-refractivity contribution in [3.8, 4) is 5.75 Å². The molecule has 5 N–H and O–H groups in total. The number of aliphatic hydroxyl groups is 1. The molecule has 0 atom stereocenters. The van der Waals surface area contributed by atoms with Crippen molar-refractivity contribution in [2.75, 3.05) is 24.3 Å². The highest BCUT2D eigenvalue weighted by molar-refractivity contribution is 5.85. The zero-order valence-electron chi connectivity index (χ0n) is 8.01. The van der Waals surface area contributed by atoms with Gasteiger partial charge in [0.1, 0.15) is 5.75 Å². The number of phenolic OH excluding ortho intramolecular Hbond substituents is 1. The zero-order valence-corrected chi connectivity index (χ0v) is 8.01. The fourth-order valence-corrected chi connectivity index (χ4v) is 1.36. The van der Waals surface area contributed by atoms with Crippen molar-refractivity contribution in [1.29, 1.82) is 0 Å². The number of fused-ring (bicyclic) bond motifs is 1. The lowest BCUT2D eigenvalue weighted by molar-refractivity contribution is 0.306. The van der Waals surface area contributed by atoms with E-state index < -0.39 is 0 Å². The first kappa shape index (κ1) is 9.60. The molecular weight excluding hydrogens is 196 g/mol. The van der Waals surface area contributed by atoms with Crippen molar-refractivity contribution in [1.82, 2.24) is 9.89 Å². The van der Waals surface area contributed by atoms with Gasteiger partial charge in [-0.2, -0.15) is 9.89 Å². The first-order valence-electron chi connectivity index (χ1n) is 4.53. The van der Waals surface area contributed by atoms with Crippen molar-refractivity contribution in [3.63, 3.8) is 0 Å². The van der Waals surface area contributed by atoms with Gasteiger partial charge in [-0.05, 0) is 6.07 Å². The number of anilines is 1. The number of rotatable bonds is 3. The Labute approximate surface area is 85.9 Å². The normalized spacial score (nSPS) is 10.7. The van der Waals surface area contributed by atoms with Crippen LogP contribution in [-0.2, 0) is 0 Å². The molecule has 0 saturated heterocycles. The lowest BCUT2D eigenvalue weighted by atomic mass is 10.2. The molecule has 15 heavy (non-hydrogen) atoms. The fourth-order valence-electron chi connectivity index (χ4n) is 1.36. The number of hydrogen-bond acceptors (Lipinski definition) is 5. The van der Waals surface area contributed by atoms with Gasteiger partial charge in [0.05, 0.1) is 30.6 Å². The maximum absolute atomic E-state index is 9.44. The Hall–Kier alpha value is -1.95. The van der Waals surface area contributed by atoms with E-state index in [1.54, 1.807) is 12.3 Å². The van der Waals surface area contributed by atoms with Gasteiger partial charge in [-0.25, -0.2) is 0 Å². The SMILES string of the molecule is Nc1cc2cnn(NCCO)c2cc1O. The molecule has 0 unspecified atom stereocenters. The molecule has 0 saturated carbocycles. The highest BCUT2D eigenvalue weighted by atomic mass is 16.3. The second kappa shape index (κ2) is 3.66. The number of aromatic hydroxyl groups is 1. The molecule has 2 aromatic rings. The molecule has 0 spiro atoms. The summed E-state index contributed by atoms with van der Waals surface area (Å²) in [7, 11) is 0. The van der Waals surface area contributed by atoms with E-state index in [1.807, 2.05) is 0 Å². The van der Waals surface area contributed by atoms with E-state index >= 15 is 0 Å². The number of nitrogen functional groups attached to an aromatic ring is 1. The van der Waals surface area contributed by atoms with Crippen molar-refractivity contribution in [3.05, 3.63) is 18.3 Å². The van der Waals surface area contributed by atoms with Gasteiger partial charge in [0.2, 0.25) is 0 Å². The highest BCUT2D eigenvalue weighted by Crippen LogP contribution is 2.25. The molecule has 1 heterocycles. The molecular formula is C9H12N4O2. The summed E-state index contributed by atoms with van der Waals surface area (Å²) in [6.45, 7) is 0.407. The lowest BCUT2D eigenvalue weighted by Gasteiger charge is -2.06. The van der Waals surface area contributed by atoms with Gasteiger partial charge < -0.3 is 21.4 Å². The van der Waals surface area contributed by atoms with Crippen LogP contribution < -0.4 is 11.2 Å². The summed E-state index contributed by atoms with van der Waals surface area (Å²) in [5, 5.41) is 23.0. The molecule has 6 heteroatoms. The first-order valence-corrected chi connectivity index (χ1v) is 4.53. The average Bonchev–Trinajstić information content (AvgIpc) is 2.59. The van der Waals surface area contributed by atoms with Gasteiger partial charge in [0.25, 0.3) is 0 Å². The number of aromatic nitrogens is 2. The van der Waals surface area contributed by atoms with Crippen LogP contribution in [0.25, 0.3) is 10.9 Å². The molecule has 0 amide bonds. The number of nitrogens with zero attached hydrogens (tertiary/aromatic N) is 2. The third-order valence-electron chi connectivity index (χ3n) is 2.09. The molecule has 1 aromatic heterocycles. The maximum atomic E-state index is 9.44. The minimum atomic E-state index is 0.0162. The van der Waals surface area contributed by atoms with Crippen molar-refractivity contribution < 1.29 is 10.2 Å². The molecule has 6 nitrogen and oxygen atoms in total. The van der Waals surface area contributed by atoms with E-state index in [1.165, 1.54) is 10.9 Å². The van der Waals surface area contributed by atoms with Crippen LogP contribution >= 0.6 is 0 Å². The standard InChI is InChI=1S/C9H12N4O2/c10-7-3-6-5-12-13(11-1-2-14)8(6)4-9(7)15/h3-5,11,14-15H,1-2,10H2. The number of aliphatic hydroxyl groups excluding tert-OH is 1. The summed E-state index contributed by atoms with van der Waals surface area (Å²) in [6, 6.07) is 3.18. The van der Waals surface area contributed by atoms with Gasteiger partial charge in [-0.15, -0.1) is 0 Å². The number of hydrogen-bond donors (Lipinski definition) is 4. The van der Waals surface area contributed by atoms with E-state index in [-0.39, 0.29) is 12.4 Å². The van der Waals surface area contributed by atoms with Gasteiger partial charge in [0.15, 0.2) is 0 Å². The average molecular weight is 208 g/mol. The Kier molecular flexibility index (Phi) is 2.34. The number of nitrogens with one attached hydrogen (secondary N) is 1. The van der Waals surface area contributed by atoms with E-state index in [0.717, 1.165) is 10.9 Å². The summed E-state index contributed by atoms with van der Waals surface area (Å²) in [6.07, 6.45) is 1.63. The van der Waals surface area contributed by atoms with E-state index in [4.69, 9.17) is 10.8 Å². The smallest absolute Gasteiger partial charge is 0.140 e. The molecule has 0 aliphatic rings. The Bertz CT molecular complexity index is 480. The molecule has 0 aliphatic heterocycles. The highest BCUT2D eigenvalue weighted by Gasteiger charge is 2.05. The number of nitrogens with two attached hydrogens (primary N) is 1. The van der Waals surface area contributed by atoms with Crippen LogP contribution in [0.1, 0.15) is 0 Å². The Morgan fingerprint density at radius 2 is 2.27 bits per heavy atom. The van der Waals surface area contributed by atoms with Crippen LogP contribution in [0, 0.1) is 0 Å². The minimum absolute atomic E-state index is 0.0162.